The molecule has 11 heteroatoms. The number of aryl methyl sites for hydroxylation is 2. The quantitative estimate of drug-likeness (QED) is 0.175. The number of hydrogen-bond donors (Lipinski definition) is 0. The maximum absolute atomic E-state index is 13.4. The predicted molar refractivity (Wildman–Crippen MR) is 131 cm³/mol. The summed E-state index contributed by atoms with van der Waals surface area (Å²) >= 11 is 0. The SMILES string of the molecule is CCCn1c(=NC(=O)c2cccc([N+](=O)[O-])c2)c(C(=O)OCC)cc2c(=O)n3cccc(C)c3nc21. The Balaban J connectivity index is 2.11. The summed E-state index contributed by atoms with van der Waals surface area (Å²) < 4.78 is 8.14. The van der Waals surface area contributed by atoms with E-state index < -0.39 is 16.8 Å². The van der Waals surface area contributed by atoms with Crippen LogP contribution in [0.4, 0.5) is 5.69 Å². The minimum absolute atomic E-state index is 0.0236. The lowest BCUT2D eigenvalue weighted by Crippen LogP contribution is -2.33. The molecule has 11 nitrogen and oxygen atoms in total. The summed E-state index contributed by atoms with van der Waals surface area (Å²) in [5.41, 5.74) is 0.662. The lowest BCUT2D eigenvalue weighted by molar-refractivity contribution is -0.384. The number of rotatable bonds is 6. The van der Waals surface area contributed by atoms with Gasteiger partial charge >= 0.3 is 5.97 Å². The molecule has 0 saturated carbocycles. The highest BCUT2D eigenvalue weighted by atomic mass is 16.6. The highest BCUT2D eigenvalue weighted by Crippen LogP contribution is 2.16. The zero-order valence-electron chi connectivity index (χ0n) is 19.9. The minimum atomic E-state index is -0.790. The Kier molecular flexibility index (Phi) is 6.73. The summed E-state index contributed by atoms with van der Waals surface area (Å²) in [5, 5.41) is 11.3. The van der Waals surface area contributed by atoms with Crippen LogP contribution in [0.1, 0.15) is 46.5 Å². The van der Waals surface area contributed by atoms with Gasteiger partial charge in [0.15, 0.2) is 5.49 Å². The smallest absolute Gasteiger partial charge is 0.341 e. The zero-order valence-corrected chi connectivity index (χ0v) is 19.9. The van der Waals surface area contributed by atoms with Crippen LogP contribution in [-0.2, 0) is 11.3 Å². The Morgan fingerprint density at radius 1 is 1.14 bits per heavy atom. The molecule has 4 aromatic rings. The Hall–Kier alpha value is -4.67. The summed E-state index contributed by atoms with van der Waals surface area (Å²) in [7, 11) is 0. The van der Waals surface area contributed by atoms with Crippen LogP contribution in [0.5, 0.6) is 0 Å². The molecular weight excluding hydrogens is 466 g/mol. The number of nitrogens with zero attached hydrogens (tertiary/aromatic N) is 5. The first-order valence-electron chi connectivity index (χ1n) is 11.3. The number of carbonyl (C=O) groups excluding carboxylic acids is 2. The van der Waals surface area contributed by atoms with Crippen LogP contribution in [0.15, 0.2) is 58.4 Å². The van der Waals surface area contributed by atoms with Gasteiger partial charge in [-0.05, 0) is 44.0 Å². The third-order valence-corrected chi connectivity index (χ3v) is 5.56. The fourth-order valence-electron chi connectivity index (χ4n) is 3.92. The van der Waals surface area contributed by atoms with E-state index in [9.17, 15) is 24.5 Å². The number of amides is 1. The first-order chi connectivity index (χ1) is 17.3. The number of nitro benzene ring substituents is 1. The fraction of sp³-hybridized carbons (Fsp3) is 0.240. The van der Waals surface area contributed by atoms with Crippen LogP contribution in [-0.4, -0.2) is 37.4 Å². The number of benzene rings is 1. The van der Waals surface area contributed by atoms with Gasteiger partial charge in [0.25, 0.3) is 17.2 Å². The largest absolute Gasteiger partial charge is 0.462 e. The molecule has 3 heterocycles. The number of aromatic nitrogens is 3. The van der Waals surface area contributed by atoms with E-state index in [1.807, 2.05) is 19.9 Å². The Bertz CT molecular complexity index is 1670. The number of pyridine rings is 2. The Morgan fingerprint density at radius 2 is 1.92 bits per heavy atom. The van der Waals surface area contributed by atoms with Gasteiger partial charge in [-0.3, -0.25) is 24.1 Å². The number of carbonyl (C=O) groups is 2. The molecule has 0 N–H and O–H groups in total. The monoisotopic (exact) mass is 489 g/mol. The van der Waals surface area contributed by atoms with Crippen LogP contribution in [0.2, 0.25) is 0 Å². The standard InChI is InChI=1S/C25H23N5O6/c1-4-11-28-21-18(24(32)29-12-7-8-15(3)20(29)26-21)14-19(25(33)36-5-2)22(28)27-23(31)16-9-6-10-17(13-16)30(34)35/h6-10,12-14H,4-5,11H2,1-3H3. The van der Waals surface area contributed by atoms with Crippen LogP contribution in [0.25, 0.3) is 16.7 Å². The van der Waals surface area contributed by atoms with Crippen molar-refractivity contribution in [3.63, 3.8) is 0 Å². The number of fused-ring (bicyclic) bond motifs is 2. The van der Waals surface area contributed by atoms with Crippen molar-refractivity contribution in [1.29, 1.82) is 0 Å². The van der Waals surface area contributed by atoms with E-state index in [-0.39, 0.29) is 45.5 Å². The van der Waals surface area contributed by atoms with Gasteiger partial charge in [-0.1, -0.05) is 19.1 Å². The number of ether oxygens (including phenoxy) is 1. The maximum Gasteiger partial charge on any atom is 0.341 e. The lowest BCUT2D eigenvalue weighted by atomic mass is 10.1. The van der Waals surface area contributed by atoms with E-state index in [0.29, 0.717) is 18.6 Å². The van der Waals surface area contributed by atoms with Crippen LogP contribution < -0.4 is 11.0 Å². The lowest BCUT2D eigenvalue weighted by Gasteiger charge is -2.15. The van der Waals surface area contributed by atoms with Gasteiger partial charge in [0, 0.05) is 30.4 Å². The minimum Gasteiger partial charge on any atom is -0.462 e. The first kappa shape index (κ1) is 24.5. The number of esters is 1. The molecule has 4 rings (SSSR count). The van der Waals surface area contributed by atoms with Crippen molar-refractivity contribution >= 4 is 34.2 Å². The molecule has 0 spiro atoms. The van der Waals surface area contributed by atoms with Gasteiger partial charge in [0.2, 0.25) is 0 Å². The summed E-state index contributed by atoms with van der Waals surface area (Å²) in [6, 6.07) is 10.0. The van der Waals surface area contributed by atoms with E-state index in [1.165, 1.54) is 28.7 Å². The van der Waals surface area contributed by atoms with Crippen molar-refractivity contribution in [1.82, 2.24) is 14.0 Å². The zero-order chi connectivity index (χ0) is 26.0. The Morgan fingerprint density at radius 3 is 2.61 bits per heavy atom. The second-order valence-electron chi connectivity index (χ2n) is 8.02. The van der Waals surface area contributed by atoms with Gasteiger partial charge in [-0.25, -0.2) is 9.78 Å². The first-order valence-corrected chi connectivity index (χ1v) is 11.3. The molecule has 0 atom stereocenters. The van der Waals surface area contributed by atoms with Gasteiger partial charge in [0.05, 0.1) is 16.9 Å². The molecule has 0 aliphatic carbocycles. The normalized spacial score (nSPS) is 11.7. The molecule has 0 unspecified atom stereocenters. The molecule has 0 aliphatic rings. The van der Waals surface area contributed by atoms with Gasteiger partial charge in [0.1, 0.15) is 16.9 Å². The summed E-state index contributed by atoms with van der Waals surface area (Å²) in [4.78, 5) is 58.8. The molecule has 0 bridgehead atoms. The fourth-order valence-corrected chi connectivity index (χ4v) is 3.92. The van der Waals surface area contributed by atoms with Crippen molar-refractivity contribution in [2.75, 3.05) is 6.61 Å². The van der Waals surface area contributed by atoms with E-state index in [0.717, 1.165) is 11.6 Å². The summed E-state index contributed by atoms with van der Waals surface area (Å²) in [6.45, 7) is 5.70. The van der Waals surface area contributed by atoms with Crippen molar-refractivity contribution in [2.24, 2.45) is 4.99 Å². The molecule has 184 valence electrons. The van der Waals surface area contributed by atoms with Crippen LogP contribution in [0, 0.1) is 17.0 Å². The molecule has 36 heavy (non-hydrogen) atoms. The van der Waals surface area contributed by atoms with Crippen molar-refractivity contribution < 1.29 is 19.2 Å². The van der Waals surface area contributed by atoms with Crippen molar-refractivity contribution in [2.45, 2.75) is 33.7 Å². The molecule has 3 aromatic heterocycles. The van der Waals surface area contributed by atoms with E-state index in [4.69, 9.17) is 9.72 Å². The maximum atomic E-state index is 13.4. The predicted octanol–water partition coefficient (Wildman–Crippen LogP) is 3.19. The molecule has 0 saturated heterocycles. The molecule has 1 aromatic carbocycles. The molecule has 0 aliphatic heterocycles. The number of non-ortho nitro benzene ring substituents is 1. The average molecular weight is 489 g/mol. The third kappa shape index (κ3) is 4.38. The average Bonchev–Trinajstić information content (AvgIpc) is 2.86. The van der Waals surface area contributed by atoms with Crippen LogP contribution >= 0.6 is 0 Å². The third-order valence-electron chi connectivity index (χ3n) is 5.56. The molecular formula is C25H23N5O6. The van der Waals surface area contributed by atoms with E-state index >= 15 is 0 Å². The van der Waals surface area contributed by atoms with E-state index in [2.05, 4.69) is 4.99 Å². The topological polar surface area (TPSA) is 138 Å². The van der Waals surface area contributed by atoms with Crippen LogP contribution in [0.3, 0.4) is 0 Å². The van der Waals surface area contributed by atoms with Gasteiger partial charge in [-0.15, -0.1) is 0 Å². The van der Waals surface area contributed by atoms with E-state index in [1.54, 1.807) is 23.8 Å². The summed E-state index contributed by atoms with van der Waals surface area (Å²) in [5.74, 6) is -1.55. The number of hydrogen-bond acceptors (Lipinski definition) is 7. The number of nitro groups is 1. The Labute approximate surface area is 204 Å². The van der Waals surface area contributed by atoms with Crippen molar-refractivity contribution in [3.8, 4) is 0 Å². The second kappa shape index (κ2) is 9.90. The highest BCUT2D eigenvalue weighted by Gasteiger charge is 2.21. The molecule has 0 fully saturated rings. The van der Waals surface area contributed by atoms with Gasteiger partial charge in [-0.2, -0.15) is 4.99 Å². The molecule has 0 radical (unpaired) electrons. The summed E-state index contributed by atoms with van der Waals surface area (Å²) in [6.07, 6.45) is 2.17. The van der Waals surface area contributed by atoms with Crippen molar-refractivity contribution in [3.05, 3.63) is 91.3 Å². The second-order valence-corrected chi connectivity index (χ2v) is 8.02. The van der Waals surface area contributed by atoms with Gasteiger partial charge < -0.3 is 9.30 Å². The molecule has 1 amide bonds. The highest BCUT2D eigenvalue weighted by molar-refractivity contribution is 5.97.